The molecule has 2 rings (SSSR count). The summed E-state index contributed by atoms with van der Waals surface area (Å²) < 4.78 is 5.45. The second kappa shape index (κ2) is 5.53. The molecule has 1 heterocycles. The van der Waals surface area contributed by atoms with Crippen LogP contribution < -0.4 is 5.32 Å². The van der Waals surface area contributed by atoms with Crippen molar-refractivity contribution in [1.82, 2.24) is 5.32 Å². The molecule has 0 bridgehead atoms. The number of hydrogen-bond acceptors (Lipinski definition) is 2. The van der Waals surface area contributed by atoms with Gasteiger partial charge in [-0.2, -0.15) is 0 Å². The average Bonchev–Trinajstić information content (AvgIpc) is 2.29. The Bertz CT molecular complexity index is 279. The Morgan fingerprint density at radius 3 is 2.76 bits per heavy atom. The lowest BCUT2D eigenvalue weighted by atomic mass is 9.79. The Kier molecular flexibility index (Phi) is 4.26. The maximum absolute atomic E-state index is 5.45. The highest BCUT2D eigenvalue weighted by atomic mass is 16.5. The van der Waals surface area contributed by atoms with Crippen LogP contribution in [-0.2, 0) is 4.74 Å². The van der Waals surface area contributed by atoms with Crippen LogP contribution in [0.2, 0.25) is 0 Å². The van der Waals surface area contributed by atoms with E-state index in [4.69, 9.17) is 4.74 Å². The number of hydrogen-bond donors (Lipinski definition) is 1. The first-order chi connectivity index (χ1) is 8.11. The molecule has 0 aromatic heterocycles. The summed E-state index contributed by atoms with van der Waals surface area (Å²) in [7, 11) is 0. The molecule has 2 aliphatic rings. The molecule has 17 heavy (non-hydrogen) atoms. The average molecular weight is 237 g/mol. The monoisotopic (exact) mass is 237 g/mol. The van der Waals surface area contributed by atoms with Crippen LogP contribution in [0.4, 0.5) is 0 Å². The number of rotatable bonds is 3. The number of allylic oxidation sites excluding steroid dienone is 1. The van der Waals surface area contributed by atoms with Crippen LogP contribution in [0.5, 0.6) is 0 Å². The zero-order chi connectivity index (χ0) is 12.3. The van der Waals surface area contributed by atoms with Crippen molar-refractivity contribution >= 4 is 0 Å². The molecule has 2 nitrogen and oxygen atoms in total. The second-order valence-electron chi connectivity index (χ2n) is 6.16. The molecule has 1 fully saturated rings. The molecule has 0 unspecified atom stereocenters. The van der Waals surface area contributed by atoms with Crippen LogP contribution in [0.25, 0.3) is 0 Å². The topological polar surface area (TPSA) is 21.3 Å². The Morgan fingerprint density at radius 2 is 2.12 bits per heavy atom. The van der Waals surface area contributed by atoms with Gasteiger partial charge in [0.2, 0.25) is 0 Å². The van der Waals surface area contributed by atoms with Crippen LogP contribution in [-0.4, -0.2) is 25.3 Å². The van der Waals surface area contributed by atoms with E-state index in [0.29, 0.717) is 5.54 Å². The lowest BCUT2D eigenvalue weighted by Crippen LogP contribution is -2.49. The predicted octanol–water partition coefficient (Wildman–Crippen LogP) is 3.14. The molecule has 0 amide bonds. The first kappa shape index (κ1) is 13.1. The molecular weight excluding hydrogens is 210 g/mol. The van der Waals surface area contributed by atoms with Gasteiger partial charge in [-0.3, -0.25) is 0 Å². The summed E-state index contributed by atoms with van der Waals surface area (Å²) in [6.07, 6.45) is 7.35. The maximum Gasteiger partial charge on any atom is 0.0483 e. The van der Waals surface area contributed by atoms with E-state index in [9.17, 15) is 0 Å². The third-order valence-electron chi connectivity index (χ3n) is 4.71. The molecule has 0 spiro atoms. The Hall–Kier alpha value is -0.340. The van der Waals surface area contributed by atoms with E-state index in [-0.39, 0.29) is 0 Å². The van der Waals surface area contributed by atoms with Crippen molar-refractivity contribution in [2.75, 3.05) is 19.8 Å². The first-order valence-electron chi connectivity index (χ1n) is 7.10. The molecule has 2 heteroatoms. The normalized spacial score (nSPS) is 33.2. The minimum Gasteiger partial charge on any atom is -0.381 e. The Balaban J connectivity index is 1.88. The quantitative estimate of drug-likeness (QED) is 0.761. The van der Waals surface area contributed by atoms with Crippen LogP contribution in [0.3, 0.4) is 0 Å². The molecule has 1 saturated heterocycles. The summed E-state index contributed by atoms with van der Waals surface area (Å²) in [6.45, 7) is 10.0. The molecule has 0 radical (unpaired) electrons. The van der Waals surface area contributed by atoms with Crippen molar-refractivity contribution in [2.24, 2.45) is 11.8 Å². The van der Waals surface area contributed by atoms with E-state index in [1.54, 1.807) is 5.57 Å². The fourth-order valence-electron chi connectivity index (χ4n) is 3.09. The molecule has 1 aliphatic carbocycles. The third-order valence-corrected chi connectivity index (χ3v) is 4.71. The van der Waals surface area contributed by atoms with E-state index >= 15 is 0 Å². The van der Waals surface area contributed by atoms with Gasteiger partial charge < -0.3 is 10.1 Å². The molecule has 2 atom stereocenters. The van der Waals surface area contributed by atoms with Crippen LogP contribution >= 0.6 is 0 Å². The van der Waals surface area contributed by atoms with E-state index in [2.05, 4.69) is 32.2 Å². The fourth-order valence-corrected chi connectivity index (χ4v) is 3.09. The van der Waals surface area contributed by atoms with Crippen molar-refractivity contribution in [3.63, 3.8) is 0 Å². The highest BCUT2D eigenvalue weighted by Gasteiger charge is 2.29. The zero-order valence-electron chi connectivity index (χ0n) is 11.6. The van der Waals surface area contributed by atoms with Gasteiger partial charge in [0.25, 0.3) is 0 Å². The molecular formula is C15H27NO. The molecule has 0 aromatic rings. The lowest BCUT2D eigenvalue weighted by molar-refractivity contribution is 0.0432. The van der Waals surface area contributed by atoms with Gasteiger partial charge in [0.05, 0.1) is 0 Å². The number of nitrogens with one attached hydrogen (secondary N) is 1. The Labute approximate surface area is 106 Å². The van der Waals surface area contributed by atoms with Crippen LogP contribution in [0, 0.1) is 11.8 Å². The van der Waals surface area contributed by atoms with E-state index < -0.39 is 0 Å². The highest BCUT2D eigenvalue weighted by molar-refractivity contribution is 5.09. The summed E-state index contributed by atoms with van der Waals surface area (Å²) in [4.78, 5) is 0. The van der Waals surface area contributed by atoms with E-state index in [1.165, 1.54) is 12.8 Å². The van der Waals surface area contributed by atoms with Crippen LogP contribution in [0.1, 0.15) is 46.5 Å². The first-order valence-corrected chi connectivity index (χ1v) is 7.10. The standard InChI is InChI=1S/C15H27NO/c1-12-5-4-6-13(2)14(12)11-16-15(3)7-9-17-10-8-15/h5,13-14,16H,4,6-11H2,1-3H3/t13-,14-/m0/s1. The van der Waals surface area contributed by atoms with Gasteiger partial charge in [0, 0.05) is 25.3 Å². The smallest absolute Gasteiger partial charge is 0.0483 e. The molecule has 1 aliphatic heterocycles. The zero-order valence-corrected chi connectivity index (χ0v) is 11.6. The molecule has 1 N–H and O–H groups in total. The SMILES string of the molecule is CC1=CCC[C@H](C)[C@H]1CNC1(C)CCOCC1. The van der Waals surface area contributed by atoms with Gasteiger partial charge in [-0.1, -0.05) is 18.6 Å². The largest absolute Gasteiger partial charge is 0.381 e. The van der Waals surface area contributed by atoms with Crippen molar-refractivity contribution in [3.8, 4) is 0 Å². The fraction of sp³-hybridized carbons (Fsp3) is 0.867. The Morgan fingerprint density at radius 1 is 1.41 bits per heavy atom. The van der Waals surface area contributed by atoms with Gasteiger partial charge in [0.15, 0.2) is 0 Å². The van der Waals surface area contributed by atoms with Crippen molar-refractivity contribution in [1.29, 1.82) is 0 Å². The molecule has 98 valence electrons. The minimum absolute atomic E-state index is 0.301. The van der Waals surface area contributed by atoms with Gasteiger partial charge in [-0.05, 0) is 51.4 Å². The van der Waals surface area contributed by atoms with Crippen molar-refractivity contribution < 1.29 is 4.74 Å². The third kappa shape index (κ3) is 3.32. The summed E-state index contributed by atoms with van der Waals surface area (Å²) >= 11 is 0. The molecule has 0 aromatic carbocycles. The van der Waals surface area contributed by atoms with Gasteiger partial charge in [-0.25, -0.2) is 0 Å². The maximum atomic E-state index is 5.45. The minimum atomic E-state index is 0.301. The van der Waals surface area contributed by atoms with Crippen LogP contribution in [0.15, 0.2) is 11.6 Å². The summed E-state index contributed by atoms with van der Waals surface area (Å²) in [5, 5.41) is 3.81. The van der Waals surface area contributed by atoms with Gasteiger partial charge in [-0.15, -0.1) is 0 Å². The van der Waals surface area contributed by atoms with E-state index in [0.717, 1.165) is 44.4 Å². The second-order valence-corrected chi connectivity index (χ2v) is 6.16. The van der Waals surface area contributed by atoms with Gasteiger partial charge >= 0.3 is 0 Å². The number of ether oxygens (including phenoxy) is 1. The lowest BCUT2D eigenvalue weighted by Gasteiger charge is -2.38. The van der Waals surface area contributed by atoms with Gasteiger partial charge in [0.1, 0.15) is 0 Å². The summed E-state index contributed by atoms with van der Waals surface area (Å²) in [5.41, 5.74) is 1.89. The predicted molar refractivity (Wildman–Crippen MR) is 72.1 cm³/mol. The summed E-state index contributed by atoms with van der Waals surface area (Å²) in [6, 6.07) is 0. The van der Waals surface area contributed by atoms with Crippen molar-refractivity contribution in [3.05, 3.63) is 11.6 Å². The summed E-state index contributed by atoms with van der Waals surface area (Å²) in [5.74, 6) is 1.57. The molecule has 0 saturated carbocycles. The van der Waals surface area contributed by atoms with Crippen molar-refractivity contribution in [2.45, 2.75) is 52.0 Å². The highest BCUT2D eigenvalue weighted by Crippen LogP contribution is 2.30. The van der Waals surface area contributed by atoms with E-state index in [1.807, 2.05) is 0 Å².